The van der Waals surface area contributed by atoms with Crippen molar-refractivity contribution in [3.63, 3.8) is 0 Å². The molecule has 14 heteroatoms. The Kier molecular flexibility index (Phi) is 10.4. The zero-order valence-corrected chi connectivity index (χ0v) is 28.3. The molecule has 1 unspecified atom stereocenters. The van der Waals surface area contributed by atoms with Gasteiger partial charge in [0.15, 0.2) is 0 Å². The summed E-state index contributed by atoms with van der Waals surface area (Å²) in [6.45, 7) is 3.79. The molecule has 1 saturated carbocycles. The van der Waals surface area contributed by atoms with Gasteiger partial charge in [-0.15, -0.1) is 5.10 Å². The minimum Gasteiger partial charge on any atom is -0.426 e. The Labute approximate surface area is 286 Å². The molecule has 0 radical (unpaired) electrons. The van der Waals surface area contributed by atoms with Crippen molar-refractivity contribution in [1.82, 2.24) is 30.5 Å². The van der Waals surface area contributed by atoms with Crippen LogP contribution < -0.4 is 10.6 Å². The molecule has 2 saturated heterocycles. The quantitative estimate of drug-likeness (QED) is 0.202. The highest BCUT2D eigenvalue weighted by atomic mass is 16.5. The van der Waals surface area contributed by atoms with Crippen LogP contribution in [0.2, 0.25) is 0 Å². The Morgan fingerprint density at radius 2 is 1.78 bits per heavy atom. The van der Waals surface area contributed by atoms with E-state index in [1.165, 1.54) is 11.1 Å². The number of carbonyl (C=O) groups is 3. The first kappa shape index (κ1) is 35.0. The molecule has 49 heavy (non-hydrogen) atoms. The smallest absolute Gasteiger partial charge is 0.426 e. The maximum absolute atomic E-state index is 14.7. The van der Waals surface area contributed by atoms with E-state index in [2.05, 4.69) is 20.9 Å². The second-order valence-electron chi connectivity index (χ2n) is 14.5. The highest BCUT2D eigenvalue weighted by Crippen LogP contribution is 2.34. The van der Waals surface area contributed by atoms with Crippen LogP contribution in [-0.2, 0) is 19.9 Å². The molecule has 2 aromatic carbocycles. The maximum atomic E-state index is 14.7. The molecular formula is C35H47BN6O7. The summed E-state index contributed by atoms with van der Waals surface area (Å²) in [4.78, 5) is 44.2. The molecule has 3 heterocycles. The van der Waals surface area contributed by atoms with Crippen LogP contribution in [-0.4, -0.2) is 97.2 Å². The molecule has 6 rings (SSSR count). The summed E-state index contributed by atoms with van der Waals surface area (Å²) in [6.07, 6.45) is 7.59. The summed E-state index contributed by atoms with van der Waals surface area (Å²) in [5, 5.41) is 47.7. The minimum absolute atomic E-state index is 0.0775. The van der Waals surface area contributed by atoms with Crippen LogP contribution in [0.15, 0.2) is 48.7 Å². The molecule has 3 fully saturated rings. The van der Waals surface area contributed by atoms with Crippen molar-refractivity contribution in [2.24, 2.45) is 5.92 Å². The minimum atomic E-state index is -1.83. The largest absolute Gasteiger partial charge is 0.479 e. The van der Waals surface area contributed by atoms with Crippen LogP contribution in [0, 0.1) is 5.92 Å². The zero-order valence-electron chi connectivity index (χ0n) is 28.3. The van der Waals surface area contributed by atoms with E-state index in [1.54, 1.807) is 24.6 Å². The summed E-state index contributed by atoms with van der Waals surface area (Å²) in [7, 11) is -1.83. The van der Waals surface area contributed by atoms with Gasteiger partial charge in [0, 0.05) is 31.7 Å². The SMILES string of the molecule is CC(C)(O)c1cnnn1[C@H]1C[C@@H](C(=O)NC2(B(O)O)CCOCC2)N(C(=O)C(CC2CCCCC2)NC(=O)c2ccc3ccccc3c2)C1. The van der Waals surface area contributed by atoms with E-state index in [0.717, 1.165) is 42.9 Å². The Morgan fingerprint density at radius 3 is 2.47 bits per heavy atom. The van der Waals surface area contributed by atoms with Crippen molar-refractivity contribution in [2.75, 3.05) is 19.8 Å². The number of aromatic nitrogens is 3. The summed E-state index contributed by atoms with van der Waals surface area (Å²) in [6, 6.07) is 10.8. The van der Waals surface area contributed by atoms with Gasteiger partial charge in [-0.25, -0.2) is 4.68 Å². The van der Waals surface area contributed by atoms with Crippen molar-refractivity contribution >= 4 is 35.6 Å². The number of hydrogen-bond donors (Lipinski definition) is 5. The Balaban J connectivity index is 1.31. The molecule has 13 nitrogen and oxygen atoms in total. The number of hydrogen-bond acceptors (Lipinski definition) is 9. The van der Waals surface area contributed by atoms with Crippen LogP contribution >= 0.6 is 0 Å². The van der Waals surface area contributed by atoms with E-state index >= 15 is 0 Å². The van der Waals surface area contributed by atoms with Crippen molar-refractivity contribution in [3.8, 4) is 0 Å². The maximum Gasteiger partial charge on any atom is 0.479 e. The van der Waals surface area contributed by atoms with Gasteiger partial charge >= 0.3 is 7.12 Å². The number of aliphatic hydroxyl groups is 1. The Hall–Kier alpha value is -3.85. The lowest BCUT2D eigenvalue weighted by atomic mass is 9.60. The molecule has 2 aliphatic heterocycles. The monoisotopic (exact) mass is 674 g/mol. The molecule has 5 N–H and O–H groups in total. The Morgan fingerprint density at radius 1 is 1.06 bits per heavy atom. The second-order valence-corrected chi connectivity index (χ2v) is 14.5. The summed E-state index contributed by atoms with van der Waals surface area (Å²) in [5.41, 5.74) is -1.76. The van der Waals surface area contributed by atoms with Crippen LogP contribution in [0.3, 0.4) is 0 Å². The number of likely N-dealkylation sites (tertiary alicyclic amines) is 1. The van der Waals surface area contributed by atoms with Crippen LogP contribution in [0.5, 0.6) is 0 Å². The highest BCUT2D eigenvalue weighted by molar-refractivity contribution is 6.46. The van der Waals surface area contributed by atoms with E-state index in [4.69, 9.17) is 4.74 Å². The third-order valence-corrected chi connectivity index (χ3v) is 10.6. The van der Waals surface area contributed by atoms with Gasteiger partial charge in [0.2, 0.25) is 11.8 Å². The number of fused-ring (bicyclic) bond motifs is 1. The average Bonchev–Trinajstić information content (AvgIpc) is 3.77. The van der Waals surface area contributed by atoms with Crippen LogP contribution in [0.4, 0.5) is 0 Å². The van der Waals surface area contributed by atoms with Gasteiger partial charge in [0.1, 0.15) is 17.7 Å². The lowest BCUT2D eigenvalue weighted by Crippen LogP contribution is -2.65. The lowest BCUT2D eigenvalue weighted by molar-refractivity contribution is -0.141. The molecule has 262 valence electrons. The van der Waals surface area contributed by atoms with E-state index < -0.39 is 48.1 Å². The van der Waals surface area contributed by atoms with Crippen molar-refractivity contribution < 1.29 is 34.3 Å². The molecule has 3 amide bonds. The number of carbonyl (C=O) groups excluding carboxylic acids is 3. The zero-order chi connectivity index (χ0) is 34.8. The molecule has 3 atom stereocenters. The topological polar surface area (TPSA) is 179 Å². The summed E-state index contributed by atoms with van der Waals surface area (Å²) >= 11 is 0. The van der Waals surface area contributed by atoms with Crippen molar-refractivity contribution in [1.29, 1.82) is 0 Å². The molecule has 1 aromatic heterocycles. The molecule has 3 aliphatic rings. The molecule has 3 aromatic rings. The van der Waals surface area contributed by atoms with Gasteiger partial charge in [-0.2, -0.15) is 0 Å². The van der Waals surface area contributed by atoms with Gasteiger partial charge in [0.05, 0.1) is 23.4 Å². The van der Waals surface area contributed by atoms with Crippen molar-refractivity contribution in [2.45, 2.75) is 101 Å². The number of benzene rings is 2. The normalized spacial score (nSPS) is 22.1. The molecule has 0 bridgehead atoms. The van der Waals surface area contributed by atoms with E-state index in [0.29, 0.717) is 17.7 Å². The standard InChI is InChI=1S/C35H47BN6O7/c1-34(2,46)30-21-37-40-42(30)27-20-29(32(44)39-35(36(47)48)14-16-49-17-15-35)41(22-27)33(45)28(18-23-8-4-3-5-9-23)38-31(43)26-13-12-24-10-6-7-11-25(24)19-26/h6-7,10-13,19,21,23,27-29,46-48H,3-5,8-9,14-18,20,22H2,1-2H3,(H,38,43)(H,39,44)/t27-,28?,29-/m0/s1. The van der Waals surface area contributed by atoms with E-state index in [1.807, 2.05) is 36.4 Å². The molecular weight excluding hydrogens is 627 g/mol. The fourth-order valence-corrected chi connectivity index (χ4v) is 7.70. The second kappa shape index (κ2) is 14.6. The predicted molar refractivity (Wildman–Crippen MR) is 182 cm³/mol. The number of amides is 3. The first-order valence-electron chi connectivity index (χ1n) is 17.4. The van der Waals surface area contributed by atoms with Gasteiger partial charge < -0.3 is 35.4 Å². The van der Waals surface area contributed by atoms with Crippen LogP contribution in [0.25, 0.3) is 10.8 Å². The fourth-order valence-electron chi connectivity index (χ4n) is 7.70. The third kappa shape index (κ3) is 7.67. The van der Waals surface area contributed by atoms with Crippen molar-refractivity contribution in [3.05, 3.63) is 59.9 Å². The Bertz CT molecular complexity index is 1650. The molecule has 1 aliphatic carbocycles. The fraction of sp³-hybridized carbons (Fsp3) is 0.571. The number of rotatable bonds is 10. The van der Waals surface area contributed by atoms with E-state index in [-0.39, 0.29) is 50.8 Å². The van der Waals surface area contributed by atoms with Gasteiger partial charge in [0.25, 0.3) is 5.91 Å². The highest BCUT2D eigenvalue weighted by Gasteiger charge is 2.50. The van der Waals surface area contributed by atoms with Crippen LogP contribution in [0.1, 0.15) is 93.7 Å². The number of nitrogens with zero attached hydrogens (tertiary/aromatic N) is 4. The predicted octanol–water partition coefficient (Wildman–Crippen LogP) is 2.25. The number of nitrogens with one attached hydrogen (secondary N) is 2. The average molecular weight is 675 g/mol. The first-order valence-corrected chi connectivity index (χ1v) is 17.4. The summed E-state index contributed by atoms with van der Waals surface area (Å²) in [5.74, 6) is -1.06. The van der Waals surface area contributed by atoms with Gasteiger partial charge in [-0.05, 0) is 61.9 Å². The lowest BCUT2D eigenvalue weighted by Gasteiger charge is -2.39. The van der Waals surface area contributed by atoms with E-state index in [9.17, 15) is 29.5 Å². The first-order chi connectivity index (χ1) is 23.4. The third-order valence-electron chi connectivity index (χ3n) is 10.6. The van der Waals surface area contributed by atoms with Gasteiger partial charge in [-0.1, -0.05) is 67.6 Å². The molecule has 0 spiro atoms. The van der Waals surface area contributed by atoms with Gasteiger partial charge in [-0.3, -0.25) is 14.4 Å². The number of ether oxygens (including phenoxy) is 1. The summed E-state index contributed by atoms with van der Waals surface area (Å²) < 4.78 is 6.99.